The number of aliphatic carboxylic acids is 1. The van der Waals surface area contributed by atoms with Crippen LogP contribution in [0.25, 0.3) is 0 Å². The molecule has 1 saturated heterocycles. The van der Waals surface area contributed by atoms with Gasteiger partial charge in [-0.25, -0.2) is 12.7 Å². The second-order valence-corrected chi connectivity index (χ2v) is 7.05. The molecule has 7 heteroatoms. The molecule has 0 saturated carbocycles. The highest BCUT2D eigenvalue weighted by atomic mass is 32.2. The SMILES string of the molecule is O=C(O)C1CCCN(S(=O)(=O)CCc2ccncc2)C1. The van der Waals surface area contributed by atoms with Crippen LogP contribution in [0.5, 0.6) is 0 Å². The van der Waals surface area contributed by atoms with Gasteiger partial charge < -0.3 is 5.11 Å². The topological polar surface area (TPSA) is 87.6 Å². The molecule has 1 aromatic heterocycles. The molecule has 1 atom stereocenters. The molecule has 1 aliphatic heterocycles. The summed E-state index contributed by atoms with van der Waals surface area (Å²) < 4.78 is 25.8. The second-order valence-electron chi connectivity index (χ2n) is 4.96. The Balaban J connectivity index is 1.97. The lowest BCUT2D eigenvalue weighted by Gasteiger charge is -2.29. The minimum Gasteiger partial charge on any atom is -0.481 e. The standard InChI is InChI=1S/C13H18N2O4S/c16-13(17)12-2-1-8-15(10-12)20(18,19)9-5-11-3-6-14-7-4-11/h3-4,6-7,12H,1-2,5,8-10H2,(H,16,17). The summed E-state index contributed by atoms with van der Waals surface area (Å²) in [5.41, 5.74) is 0.912. The molecule has 1 N–H and O–H groups in total. The van der Waals surface area contributed by atoms with Gasteiger partial charge in [-0.3, -0.25) is 9.78 Å². The number of aryl methyl sites for hydroxylation is 1. The first-order chi connectivity index (χ1) is 9.49. The first kappa shape index (κ1) is 14.9. The third-order valence-electron chi connectivity index (χ3n) is 3.52. The van der Waals surface area contributed by atoms with Crippen molar-refractivity contribution in [3.63, 3.8) is 0 Å². The van der Waals surface area contributed by atoms with Gasteiger partial charge in [-0.15, -0.1) is 0 Å². The average Bonchev–Trinajstić information content (AvgIpc) is 2.46. The Morgan fingerprint density at radius 2 is 2.10 bits per heavy atom. The lowest BCUT2D eigenvalue weighted by atomic mass is 10.0. The predicted octanol–water partition coefficient (Wildman–Crippen LogP) is 0.750. The maximum atomic E-state index is 12.2. The number of rotatable bonds is 5. The van der Waals surface area contributed by atoms with Crippen LogP contribution in [0.3, 0.4) is 0 Å². The second kappa shape index (κ2) is 6.32. The molecule has 1 aliphatic rings. The summed E-state index contributed by atoms with van der Waals surface area (Å²) in [6, 6.07) is 3.57. The van der Waals surface area contributed by atoms with Gasteiger partial charge >= 0.3 is 5.97 Å². The highest BCUT2D eigenvalue weighted by Crippen LogP contribution is 2.20. The van der Waals surface area contributed by atoms with Gasteiger partial charge in [0.1, 0.15) is 0 Å². The zero-order chi connectivity index (χ0) is 14.6. The highest BCUT2D eigenvalue weighted by molar-refractivity contribution is 7.89. The molecule has 0 spiro atoms. The molecule has 1 fully saturated rings. The number of sulfonamides is 1. The van der Waals surface area contributed by atoms with Crippen LogP contribution in [0.4, 0.5) is 0 Å². The van der Waals surface area contributed by atoms with Crippen LogP contribution < -0.4 is 0 Å². The number of aromatic nitrogens is 1. The normalized spacial score (nSPS) is 20.7. The number of piperidine rings is 1. The molecule has 1 aromatic rings. The van der Waals surface area contributed by atoms with Gasteiger partial charge in [-0.05, 0) is 37.0 Å². The molecular formula is C13H18N2O4S. The van der Waals surface area contributed by atoms with Gasteiger partial charge in [-0.2, -0.15) is 0 Å². The van der Waals surface area contributed by atoms with Crippen molar-refractivity contribution in [3.8, 4) is 0 Å². The minimum atomic E-state index is -3.40. The van der Waals surface area contributed by atoms with Crippen molar-refractivity contribution in [1.29, 1.82) is 0 Å². The molecular weight excluding hydrogens is 280 g/mol. The number of nitrogens with zero attached hydrogens (tertiary/aromatic N) is 2. The number of hydrogen-bond acceptors (Lipinski definition) is 4. The van der Waals surface area contributed by atoms with E-state index in [1.165, 1.54) is 4.31 Å². The Morgan fingerprint density at radius 3 is 2.75 bits per heavy atom. The Hall–Kier alpha value is -1.47. The molecule has 20 heavy (non-hydrogen) atoms. The third-order valence-corrected chi connectivity index (χ3v) is 5.36. The first-order valence-corrected chi connectivity index (χ1v) is 8.19. The van der Waals surface area contributed by atoms with Gasteiger partial charge in [0.05, 0.1) is 11.7 Å². The Bertz CT molecular complexity index is 559. The van der Waals surface area contributed by atoms with Crippen molar-refractivity contribution in [2.24, 2.45) is 5.92 Å². The molecule has 0 radical (unpaired) electrons. The van der Waals surface area contributed by atoms with Crippen LogP contribution in [0.2, 0.25) is 0 Å². The van der Waals surface area contributed by atoms with E-state index in [9.17, 15) is 13.2 Å². The van der Waals surface area contributed by atoms with Crippen molar-refractivity contribution >= 4 is 16.0 Å². The Kier molecular flexibility index (Phi) is 4.72. The number of carbonyl (C=O) groups is 1. The maximum absolute atomic E-state index is 12.2. The van der Waals surface area contributed by atoms with E-state index in [0.717, 1.165) is 5.56 Å². The monoisotopic (exact) mass is 298 g/mol. The average molecular weight is 298 g/mol. The lowest BCUT2D eigenvalue weighted by Crippen LogP contribution is -2.43. The van der Waals surface area contributed by atoms with Crippen LogP contribution in [-0.4, -0.2) is 47.6 Å². The molecule has 1 unspecified atom stereocenters. The zero-order valence-corrected chi connectivity index (χ0v) is 11.9. The zero-order valence-electron chi connectivity index (χ0n) is 11.1. The van der Waals surface area contributed by atoms with Gasteiger partial charge in [0.2, 0.25) is 10.0 Å². The largest absolute Gasteiger partial charge is 0.481 e. The van der Waals surface area contributed by atoms with Crippen LogP contribution in [0, 0.1) is 5.92 Å². The molecule has 6 nitrogen and oxygen atoms in total. The Morgan fingerprint density at radius 1 is 1.40 bits per heavy atom. The van der Waals surface area contributed by atoms with E-state index in [4.69, 9.17) is 5.11 Å². The number of carboxylic acid groups (broad SMARTS) is 1. The van der Waals surface area contributed by atoms with Gasteiger partial charge in [0.25, 0.3) is 0 Å². The summed E-state index contributed by atoms with van der Waals surface area (Å²) in [6.07, 6.45) is 4.82. The maximum Gasteiger partial charge on any atom is 0.307 e. The van der Waals surface area contributed by atoms with Gasteiger partial charge in [0, 0.05) is 25.5 Å². The van der Waals surface area contributed by atoms with E-state index >= 15 is 0 Å². The summed E-state index contributed by atoms with van der Waals surface area (Å²) in [5, 5.41) is 9.00. The van der Waals surface area contributed by atoms with Crippen molar-refractivity contribution in [2.75, 3.05) is 18.8 Å². The van der Waals surface area contributed by atoms with E-state index in [1.54, 1.807) is 24.5 Å². The lowest BCUT2D eigenvalue weighted by molar-refractivity contribution is -0.142. The molecule has 0 amide bonds. The van der Waals surface area contributed by atoms with Crippen molar-refractivity contribution in [1.82, 2.24) is 9.29 Å². The molecule has 2 heterocycles. The fraction of sp³-hybridized carbons (Fsp3) is 0.538. The van der Waals surface area contributed by atoms with E-state index in [0.29, 0.717) is 25.8 Å². The van der Waals surface area contributed by atoms with Gasteiger partial charge in [-0.1, -0.05) is 0 Å². The van der Waals surface area contributed by atoms with E-state index < -0.39 is 21.9 Å². The number of pyridine rings is 1. The van der Waals surface area contributed by atoms with E-state index in [-0.39, 0.29) is 12.3 Å². The molecule has 0 aliphatic carbocycles. The first-order valence-electron chi connectivity index (χ1n) is 6.58. The minimum absolute atomic E-state index is 0.00333. The molecule has 2 rings (SSSR count). The van der Waals surface area contributed by atoms with Crippen LogP contribution >= 0.6 is 0 Å². The Labute approximate surface area is 118 Å². The molecule has 0 aromatic carbocycles. The van der Waals surface area contributed by atoms with Crippen LogP contribution in [0.1, 0.15) is 18.4 Å². The predicted molar refractivity (Wildman–Crippen MR) is 73.7 cm³/mol. The summed E-state index contributed by atoms with van der Waals surface area (Å²) in [7, 11) is -3.40. The van der Waals surface area contributed by atoms with Crippen molar-refractivity contribution in [2.45, 2.75) is 19.3 Å². The summed E-state index contributed by atoms with van der Waals surface area (Å²) in [6.45, 7) is 0.510. The van der Waals surface area contributed by atoms with Crippen molar-refractivity contribution < 1.29 is 18.3 Å². The smallest absolute Gasteiger partial charge is 0.307 e. The quantitative estimate of drug-likeness (QED) is 0.866. The molecule has 0 bridgehead atoms. The van der Waals surface area contributed by atoms with E-state index in [1.807, 2.05) is 0 Å². The summed E-state index contributed by atoms with van der Waals surface area (Å²) in [4.78, 5) is 14.9. The summed E-state index contributed by atoms with van der Waals surface area (Å²) >= 11 is 0. The third kappa shape index (κ3) is 3.77. The molecule has 110 valence electrons. The summed E-state index contributed by atoms with van der Waals surface area (Å²) in [5.74, 6) is -1.50. The van der Waals surface area contributed by atoms with Gasteiger partial charge in [0.15, 0.2) is 0 Å². The van der Waals surface area contributed by atoms with Crippen molar-refractivity contribution in [3.05, 3.63) is 30.1 Å². The van der Waals surface area contributed by atoms with Crippen LogP contribution in [-0.2, 0) is 21.2 Å². The number of hydrogen-bond donors (Lipinski definition) is 1. The highest BCUT2D eigenvalue weighted by Gasteiger charge is 2.31. The fourth-order valence-corrected chi connectivity index (χ4v) is 3.89. The van der Waals surface area contributed by atoms with E-state index in [2.05, 4.69) is 4.98 Å². The number of carboxylic acids is 1. The van der Waals surface area contributed by atoms with Crippen LogP contribution in [0.15, 0.2) is 24.5 Å². The fourth-order valence-electron chi connectivity index (χ4n) is 2.32.